The minimum absolute atomic E-state index is 0.693. The van der Waals surface area contributed by atoms with E-state index in [0.717, 1.165) is 12.0 Å². The zero-order valence-electron chi connectivity index (χ0n) is 10.3. The van der Waals surface area contributed by atoms with Crippen LogP contribution >= 0.6 is 0 Å². The van der Waals surface area contributed by atoms with Crippen LogP contribution in [0, 0.1) is 5.92 Å². The second kappa shape index (κ2) is 5.31. The third-order valence-corrected chi connectivity index (χ3v) is 4.07. The first kappa shape index (κ1) is 11.4. The molecule has 0 spiro atoms. The lowest BCUT2D eigenvalue weighted by atomic mass is 9.84. The molecular weight excluding hydrogens is 184 g/mol. The van der Waals surface area contributed by atoms with Crippen LogP contribution in [-0.4, -0.2) is 36.6 Å². The van der Waals surface area contributed by atoms with Gasteiger partial charge in [-0.05, 0) is 32.1 Å². The summed E-state index contributed by atoms with van der Waals surface area (Å²) in [5, 5.41) is 3.61. The van der Waals surface area contributed by atoms with Crippen LogP contribution in [0.2, 0.25) is 0 Å². The average Bonchev–Trinajstić information content (AvgIpc) is 2.16. The molecule has 2 aliphatic rings. The van der Waals surface area contributed by atoms with Crippen molar-refractivity contribution in [1.29, 1.82) is 0 Å². The molecule has 0 aromatic carbocycles. The Kier molecular flexibility index (Phi) is 4.04. The highest BCUT2D eigenvalue weighted by Gasteiger charge is 2.28. The monoisotopic (exact) mass is 210 g/mol. The lowest BCUT2D eigenvalue weighted by molar-refractivity contribution is 0.0873. The second-order valence-corrected chi connectivity index (χ2v) is 5.50. The van der Waals surface area contributed by atoms with E-state index in [1.807, 2.05) is 0 Å². The highest BCUT2D eigenvalue weighted by molar-refractivity contribution is 4.86. The van der Waals surface area contributed by atoms with Gasteiger partial charge in [-0.25, -0.2) is 0 Å². The molecule has 2 rings (SSSR count). The van der Waals surface area contributed by atoms with Crippen LogP contribution < -0.4 is 5.32 Å². The standard InChI is InChI=1S/C13H26N2/c1-3-5-13-8-14-11(2)9-15(13)10-12-6-4-7-12/h11-14H,3-10H2,1-2H3. The first-order valence-corrected chi connectivity index (χ1v) is 6.77. The fraction of sp³-hybridized carbons (Fsp3) is 1.00. The van der Waals surface area contributed by atoms with Gasteiger partial charge in [-0.2, -0.15) is 0 Å². The average molecular weight is 210 g/mol. The molecule has 1 aliphatic heterocycles. The maximum absolute atomic E-state index is 3.61. The van der Waals surface area contributed by atoms with E-state index in [1.54, 1.807) is 0 Å². The molecule has 0 bridgehead atoms. The van der Waals surface area contributed by atoms with Gasteiger partial charge in [0.1, 0.15) is 0 Å². The smallest absolute Gasteiger partial charge is 0.0221 e. The first-order chi connectivity index (χ1) is 7.29. The minimum Gasteiger partial charge on any atom is -0.311 e. The fourth-order valence-corrected chi connectivity index (χ4v) is 2.88. The number of piperazine rings is 1. The number of nitrogens with one attached hydrogen (secondary N) is 1. The summed E-state index contributed by atoms with van der Waals surface area (Å²) in [7, 11) is 0. The molecule has 1 saturated heterocycles. The van der Waals surface area contributed by atoms with Crippen LogP contribution in [-0.2, 0) is 0 Å². The molecule has 1 heterocycles. The van der Waals surface area contributed by atoms with Crippen molar-refractivity contribution in [3.63, 3.8) is 0 Å². The molecule has 1 aliphatic carbocycles. The fourth-order valence-electron chi connectivity index (χ4n) is 2.88. The van der Waals surface area contributed by atoms with Gasteiger partial charge in [0.05, 0.1) is 0 Å². The molecule has 0 amide bonds. The van der Waals surface area contributed by atoms with Gasteiger partial charge in [0.25, 0.3) is 0 Å². The third kappa shape index (κ3) is 2.94. The first-order valence-electron chi connectivity index (χ1n) is 6.77. The zero-order chi connectivity index (χ0) is 10.7. The summed E-state index contributed by atoms with van der Waals surface area (Å²) >= 11 is 0. The van der Waals surface area contributed by atoms with Gasteiger partial charge in [-0.15, -0.1) is 0 Å². The summed E-state index contributed by atoms with van der Waals surface area (Å²) in [6.45, 7) is 8.47. The summed E-state index contributed by atoms with van der Waals surface area (Å²) in [5.74, 6) is 1.02. The Hall–Kier alpha value is -0.0800. The summed E-state index contributed by atoms with van der Waals surface area (Å²) in [5.41, 5.74) is 0. The molecule has 2 heteroatoms. The van der Waals surface area contributed by atoms with E-state index in [1.165, 1.54) is 51.7 Å². The van der Waals surface area contributed by atoms with Crippen LogP contribution in [0.4, 0.5) is 0 Å². The van der Waals surface area contributed by atoms with Crippen molar-refractivity contribution in [1.82, 2.24) is 10.2 Å². The number of hydrogen-bond acceptors (Lipinski definition) is 2. The van der Waals surface area contributed by atoms with Gasteiger partial charge in [0.2, 0.25) is 0 Å². The Bertz CT molecular complexity index is 189. The van der Waals surface area contributed by atoms with Gasteiger partial charge in [-0.1, -0.05) is 19.8 Å². The van der Waals surface area contributed by atoms with Crippen molar-refractivity contribution in [2.24, 2.45) is 5.92 Å². The maximum atomic E-state index is 3.61. The molecule has 2 unspecified atom stereocenters. The Balaban J connectivity index is 1.83. The van der Waals surface area contributed by atoms with Crippen LogP contribution in [0.15, 0.2) is 0 Å². The molecular formula is C13H26N2. The summed E-state index contributed by atoms with van der Waals surface area (Å²) in [4.78, 5) is 2.76. The van der Waals surface area contributed by atoms with Crippen molar-refractivity contribution in [3.05, 3.63) is 0 Å². The highest BCUT2D eigenvalue weighted by Crippen LogP contribution is 2.28. The predicted molar refractivity (Wildman–Crippen MR) is 65.1 cm³/mol. The van der Waals surface area contributed by atoms with Gasteiger partial charge < -0.3 is 5.32 Å². The Morgan fingerprint density at radius 3 is 2.73 bits per heavy atom. The quantitative estimate of drug-likeness (QED) is 0.765. The third-order valence-electron chi connectivity index (χ3n) is 4.07. The molecule has 88 valence electrons. The SMILES string of the molecule is CCCC1CNC(C)CN1CC1CCC1. The number of hydrogen-bond donors (Lipinski definition) is 1. The normalized spacial score (nSPS) is 34.0. The van der Waals surface area contributed by atoms with Gasteiger partial charge in [-0.3, -0.25) is 4.90 Å². The molecule has 15 heavy (non-hydrogen) atoms. The highest BCUT2D eigenvalue weighted by atomic mass is 15.2. The van der Waals surface area contributed by atoms with Crippen molar-refractivity contribution in [2.45, 2.75) is 58.0 Å². The van der Waals surface area contributed by atoms with E-state index in [4.69, 9.17) is 0 Å². The van der Waals surface area contributed by atoms with Gasteiger partial charge in [0, 0.05) is 31.7 Å². The molecule has 0 radical (unpaired) electrons. The molecule has 0 aromatic heterocycles. The van der Waals surface area contributed by atoms with Crippen LogP contribution in [0.5, 0.6) is 0 Å². The summed E-state index contributed by atoms with van der Waals surface area (Å²) < 4.78 is 0. The van der Waals surface area contributed by atoms with E-state index < -0.39 is 0 Å². The number of nitrogens with zero attached hydrogens (tertiary/aromatic N) is 1. The molecule has 1 N–H and O–H groups in total. The summed E-state index contributed by atoms with van der Waals surface area (Å²) in [6, 6.07) is 1.50. The van der Waals surface area contributed by atoms with E-state index >= 15 is 0 Å². The van der Waals surface area contributed by atoms with Crippen molar-refractivity contribution in [3.8, 4) is 0 Å². The van der Waals surface area contributed by atoms with Crippen LogP contribution in [0.3, 0.4) is 0 Å². The van der Waals surface area contributed by atoms with Crippen molar-refractivity contribution in [2.75, 3.05) is 19.6 Å². The van der Waals surface area contributed by atoms with E-state index in [2.05, 4.69) is 24.1 Å². The topological polar surface area (TPSA) is 15.3 Å². The largest absolute Gasteiger partial charge is 0.311 e. The number of rotatable bonds is 4. The van der Waals surface area contributed by atoms with E-state index in [0.29, 0.717) is 6.04 Å². The van der Waals surface area contributed by atoms with E-state index in [9.17, 15) is 0 Å². The zero-order valence-corrected chi connectivity index (χ0v) is 10.3. The molecule has 2 atom stereocenters. The van der Waals surface area contributed by atoms with Crippen LogP contribution in [0.25, 0.3) is 0 Å². The molecule has 1 saturated carbocycles. The minimum atomic E-state index is 0.693. The lowest BCUT2D eigenvalue weighted by Gasteiger charge is -2.42. The Morgan fingerprint density at radius 2 is 2.13 bits per heavy atom. The predicted octanol–water partition coefficient (Wildman–Crippen LogP) is 2.25. The Morgan fingerprint density at radius 1 is 1.33 bits per heavy atom. The molecule has 0 aromatic rings. The molecule has 2 fully saturated rings. The van der Waals surface area contributed by atoms with Gasteiger partial charge in [0.15, 0.2) is 0 Å². The second-order valence-electron chi connectivity index (χ2n) is 5.50. The van der Waals surface area contributed by atoms with Crippen molar-refractivity contribution >= 4 is 0 Å². The maximum Gasteiger partial charge on any atom is 0.0221 e. The lowest BCUT2D eigenvalue weighted by Crippen LogP contribution is -2.56. The van der Waals surface area contributed by atoms with Crippen LogP contribution in [0.1, 0.15) is 46.0 Å². The van der Waals surface area contributed by atoms with Gasteiger partial charge >= 0.3 is 0 Å². The summed E-state index contributed by atoms with van der Waals surface area (Å²) in [6.07, 6.45) is 7.13. The van der Waals surface area contributed by atoms with E-state index in [-0.39, 0.29) is 0 Å². The molecule has 2 nitrogen and oxygen atoms in total. The van der Waals surface area contributed by atoms with Crippen molar-refractivity contribution < 1.29 is 0 Å². The Labute approximate surface area is 94.4 Å².